The molecule has 0 saturated heterocycles. The van der Waals surface area contributed by atoms with Crippen LogP contribution in [0, 0.1) is 5.92 Å². The van der Waals surface area contributed by atoms with Crippen molar-refractivity contribution in [2.75, 3.05) is 39.6 Å². The molecule has 0 aliphatic rings. The first-order valence-electron chi connectivity index (χ1n) is 30.6. The van der Waals surface area contributed by atoms with Crippen LogP contribution < -0.4 is 0 Å². The van der Waals surface area contributed by atoms with Crippen molar-refractivity contribution in [3.05, 3.63) is 0 Å². The highest BCUT2D eigenvalue weighted by Crippen LogP contribution is 2.45. The summed E-state index contributed by atoms with van der Waals surface area (Å²) in [4.78, 5) is 71.6. The van der Waals surface area contributed by atoms with E-state index in [0.29, 0.717) is 31.6 Å². The molecule has 456 valence electrons. The van der Waals surface area contributed by atoms with Crippen LogP contribution in [-0.4, -0.2) is 96.7 Å². The summed E-state index contributed by atoms with van der Waals surface area (Å²) in [5.41, 5.74) is 0. The molecule has 0 rings (SSSR count). The molecule has 0 amide bonds. The number of aliphatic hydroxyl groups is 1. The first kappa shape index (κ1) is 75.1. The maximum absolute atomic E-state index is 12.9. The van der Waals surface area contributed by atoms with E-state index in [4.69, 9.17) is 37.0 Å². The van der Waals surface area contributed by atoms with Gasteiger partial charge in [-0.15, -0.1) is 0 Å². The van der Waals surface area contributed by atoms with Gasteiger partial charge < -0.3 is 33.8 Å². The number of hydrogen-bond acceptors (Lipinski definition) is 15. The fraction of sp³-hybridized carbons (Fsp3) is 0.931. The van der Waals surface area contributed by atoms with Gasteiger partial charge >= 0.3 is 39.5 Å². The highest BCUT2D eigenvalue weighted by atomic mass is 31.2. The quantitative estimate of drug-likeness (QED) is 0.0222. The fourth-order valence-electron chi connectivity index (χ4n) is 8.52. The van der Waals surface area contributed by atoms with Crippen LogP contribution in [0.25, 0.3) is 0 Å². The van der Waals surface area contributed by atoms with Crippen molar-refractivity contribution in [3.63, 3.8) is 0 Å². The molecule has 0 aromatic carbocycles. The van der Waals surface area contributed by atoms with E-state index in [0.717, 1.165) is 103 Å². The summed E-state index contributed by atoms with van der Waals surface area (Å²) < 4.78 is 67.5. The van der Waals surface area contributed by atoms with Crippen molar-refractivity contribution in [1.82, 2.24) is 0 Å². The summed E-state index contributed by atoms with van der Waals surface area (Å²) in [5, 5.41) is 10.5. The summed E-state index contributed by atoms with van der Waals surface area (Å²) in [6.45, 7) is 6.96. The normalized spacial score (nSPS) is 14.4. The van der Waals surface area contributed by atoms with Gasteiger partial charge in [0.1, 0.15) is 19.3 Å². The molecule has 0 aromatic heterocycles. The van der Waals surface area contributed by atoms with E-state index in [1.807, 2.05) is 0 Å². The zero-order valence-electron chi connectivity index (χ0n) is 49.1. The van der Waals surface area contributed by atoms with Crippen LogP contribution in [0.5, 0.6) is 0 Å². The number of rotatable bonds is 58. The van der Waals surface area contributed by atoms with Gasteiger partial charge in [0.05, 0.1) is 26.4 Å². The molecular formula is C58H112O17P2. The Labute approximate surface area is 467 Å². The highest BCUT2D eigenvalue weighted by molar-refractivity contribution is 7.47. The number of ether oxygens (including phenoxy) is 4. The lowest BCUT2D eigenvalue weighted by atomic mass is 10.0. The minimum atomic E-state index is -4.94. The van der Waals surface area contributed by atoms with Crippen molar-refractivity contribution in [2.24, 2.45) is 5.92 Å². The van der Waals surface area contributed by atoms with Gasteiger partial charge in [0.2, 0.25) is 0 Å². The lowest BCUT2D eigenvalue weighted by Crippen LogP contribution is -2.30. The highest BCUT2D eigenvalue weighted by Gasteiger charge is 2.30. The Balaban J connectivity index is 5.16. The Morgan fingerprint density at radius 3 is 0.883 bits per heavy atom. The molecule has 2 unspecified atom stereocenters. The first-order valence-corrected chi connectivity index (χ1v) is 33.6. The van der Waals surface area contributed by atoms with Gasteiger partial charge in [0.25, 0.3) is 0 Å². The van der Waals surface area contributed by atoms with Gasteiger partial charge in [-0.3, -0.25) is 37.3 Å². The topological polar surface area (TPSA) is 237 Å². The molecule has 0 spiro atoms. The molecule has 0 aliphatic carbocycles. The first-order chi connectivity index (χ1) is 37.0. The number of esters is 4. The molecule has 0 saturated carbocycles. The Morgan fingerprint density at radius 1 is 0.351 bits per heavy atom. The average Bonchev–Trinajstić information content (AvgIpc) is 3.39. The van der Waals surface area contributed by atoms with Gasteiger partial charge in [0, 0.05) is 25.7 Å². The number of phosphoric ester groups is 2. The maximum Gasteiger partial charge on any atom is 0.472 e. The number of aliphatic hydroxyl groups excluding tert-OH is 1. The molecule has 3 N–H and O–H groups in total. The molecule has 0 aromatic rings. The van der Waals surface area contributed by atoms with Crippen LogP contribution in [0.3, 0.4) is 0 Å². The number of carbonyl (C=O) groups excluding carboxylic acids is 4. The second kappa shape index (κ2) is 52.2. The van der Waals surface area contributed by atoms with E-state index in [1.165, 1.54) is 96.3 Å². The van der Waals surface area contributed by atoms with Gasteiger partial charge in [-0.2, -0.15) is 0 Å². The van der Waals surface area contributed by atoms with Gasteiger partial charge in [-0.1, -0.05) is 234 Å². The number of unbranched alkanes of at least 4 members (excludes halogenated alkanes) is 30. The molecule has 17 nitrogen and oxygen atoms in total. The zero-order valence-corrected chi connectivity index (χ0v) is 50.9. The Hall–Kier alpha value is -1.94. The number of hydrogen-bond donors (Lipinski definition) is 3. The largest absolute Gasteiger partial charge is 0.472 e. The van der Waals surface area contributed by atoms with Crippen LogP contribution in [0.1, 0.15) is 285 Å². The van der Waals surface area contributed by atoms with Gasteiger partial charge in [-0.25, -0.2) is 9.13 Å². The third-order valence-electron chi connectivity index (χ3n) is 13.3. The van der Waals surface area contributed by atoms with E-state index in [9.17, 15) is 43.2 Å². The van der Waals surface area contributed by atoms with Crippen LogP contribution in [0.15, 0.2) is 0 Å². The molecule has 77 heavy (non-hydrogen) atoms. The van der Waals surface area contributed by atoms with Crippen LogP contribution in [-0.2, 0) is 65.4 Å². The smallest absolute Gasteiger partial charge is 0.462 e. The third-order valence-corrected chi connectivity index (χ3v) is 15.2. The van der Waals surface area contributed by atoms with E-state index >= 15 is 0 Å². The zero-order chi connectivity index (χ0) is 57.1. The second-order valence-corrected chi connectivity index (χ2v) is 24.4. The van der Waals surface area contributed by atoms with Crippen molar-refractivity contribution >= 4 is 39.5 Å². The molecule has 5 atom stereocenters. The SMILES string of the molecule is CCCCCCCCCCCCCCCCC(=O)O[C@H](COC(=O)CCCCCCCCC(C)C)COP(=O)(O)OC[C@@H](O)COP(=O)(O)OC[C@@H](COC(=O)CCCCCCC)OC(=O)CCCCCCCCCCC. The lowest BCUT2D eigenvalue weighted by Gasteiger charge is -2.21. The Morgan fingerprint density at radius 2 is 0.597 bits per heavy atom. The summed E-state index contributed by atoms with van der Waals surface area (Å²) in [7, 11) is -9.86. The van der Waals surface area contributed by atoms with E-state index in [1.54, 1.807) is 0 Å². The summed E-state index contributed by atoms with van der Waals surface area (Å²) >= 11 is 0. The van der Waals surface area contributed by atoms with Gasteiger partial charge in [0.15, 0.2) is 12.2 Å². The van der Waals surface area contributed by atoms with E-state index in [2.05, 4.69) is 34.6 Å². The van der Waals surface area contributed by atoms with E-state index in [-0.39, 0.29) is 25.7 Å². The van der Waals surface area contributed by atoms with E-state index < -0.39 is 97.5 Å². The molecule has 0 radical (unpaired) electrons. The van der Waals surface area contributed by atoms with Gasteiger partial charge in [-0.05, 0) is 31.6 Å². The standard InChI is InChI=1S/C58H112O17P2/c1-6-9-12-15-17-19-20-21-22-23-25-27-34-39-44-58(63)75-54(48-69-56(61)42-37-32-29-28-31-35-40-51(4)5)50-73-77(66,67)71-46-52(59)45-70-76(64,65)72-49-53(47-68-55(60)41-36-30-14-11-8-3)74-57(62)43-38-33-26-24-18-16-13-10-7-2/h51-54,59H,6-50H2,1-5H3,(H,64,65)(H,66,67)/t52-,53+,54+/m0/s1. The fourth-order valence-corrected chi connectivity index (χ4v) is 10.1. The molecule has 0 fully saturated rings. The summed E-state index contributed by atoms with van der Waals surface area (Å²) in [6.07, 6.45) is 33.9. The van der Waals surface area contributed by atoms with Crippen molar-refractivity contribution in [2.45, 2.75) is 303 Å². The van der Waals surface area contributed by atoms with Crippen LogP contribution in [0.2, 0.25) is 0 Å². The Kier molecular flexibility index (Phi) is 50.8. The maximum atomic E-state index is 12.9. The molecule has 0 heterocycles. The predicted octanol–water partition coefficient (Wildman–Crippen LogP) is 15.5. The number of carbonyl (C=O) groups is 4. The lowest BCUT2D eigenvalue weighted by molar-refractivity contribution is -0.161. The monoisotopic (exact) mass is 1140 g/mol. The minimum Gasteiger partial charge on any atom is -0.462 e. The third kappa shape index (κ3) is 53.2. The molecular weight excluding hydrogens is 1030 g/mol. The molecule has 0 aliphatic heterocycles. The van der Waals surface area contributed by atoms with Crippen molar-refractivity contribution in [1.29, 1.82) is 0 Å². The van der Waals surface area contributed by atoms with Crippen molar-refractivity contribution < 1.29 is 80.2 Å². The average molecular weight is 1140 g/mol. The Bertz CT molecular complexity index is 1520. The predicted molar refractivity (Wildman–Crippen MR) is 303 cm³/mol. The summed E-state index contributed by atoms with van der Waals surface area (Å²) in [5.74, 6) is -1.47. The molecule has 0 bridgehead atoms. The number of phosphoric acid groups is 2. The molecule has 19 heteroatoms. The van der Waals surface area contributed by atoms with Crippen LogP contribution >= 0.6 is 15.6 Å². The minimum absolute atomic E-state index is 0.105. The van der Waals surface area contributed by atoms with Crippen LogP contribution in [0.4, 0.5) is 0 Å². The summed E-state index contributed by atoms with van der Waals surface area (Å²) in [6, 6.07) is 0. The second-order valence-electron chi connectivity index (χ2n) is 21.5. The van der Waals surface area contributed by atoms with Crippen molar-refractivity contribution in [3.8, 4) is 0 Å².